The number of hydrogen-bond donors (Lipinski definition) is 1. The lowest BCUT2D eigenvalue weighted by Gasteiger charge is -2.21. The van der Waals surface area contributed by atoms with E-state index in [1.807, 2.05) is 6.08 Å². The molecule has 1 rings (SSSR count). The summed E-state index contributed by atoms with van der Waals surface area (Å²) in [5, 5.41) is 3.42. The minimum absolute atomic E-state index is 0.497. The van der Waals surface area contributed by atoms with E-state index in [0.29, 0.717) is 6.04 Å². The van der Waals surface area contributed by atoms with Gasteiger partial charge in [-0.2, -0.15) is 0 Å². The van der Waals surface area contributed by atoms with Gasteiger partial charge in [-0.25, -0.2) is 4.98 Å². The van der Waals surface area contributed by atoms with Crippen molar-refractivity contribution < 1.29 is 0 Å². The highest BCUT2D eigenvalue weighted by Gasteiger charge is 2.07. The maximum absolute atomic E-state index is 4.68. The number of aryl methyl sites for hydroxylation is 1. The van der Waals surface area contributed by atoms with E-state index in [9.17, 15) is 0 Å². The zero-order valence-electron chi connectivity index (χ0n) is 12.0. The quantitative estimate of drug-likeness (QED) is 0.751. The van der Waals surface area contributed by atoms with Crippen LogP contribution in [0.2, 0.25) is 0 Å². The number of hydrogen-bond acceptors (Lipinski definition) is 3. The third-order valence-corrected chi connectivity index (χ3v) is 2.94. The summed E-state index contributed by atoms with van der Waals surface area (Å²) >= 11 is 0. The number of pyridine rings is 1. The first-order valence-corrected chi connectivity index (χ1v) is 6.64. The van der Waals surface area contributed by atoms with E-state index in [0.717, 1.165) is 31.1 Å². The predicted molar refractivity (Wildman–Crippen MR) is 79.0 cm³/mol. The minimum Gasteiger partial charge on any atom is -0.353 e. The van der Waals surface area contributed by atoms with E-state index in [1.165, 1.54) is 5.56 Å². The molecule has 3 nitrogen and oxygen atoms in total. The van der Waals surface area contributed by atoms with Gasteiger partial charge in [-0.15, -0.1) is 6.58 Å². The Bertz CT molecular complexity index is 385. The van der Waals surface area contributed by atoms with Gasteiger partial charge < -0.3 is 10.2 Å². The smallest absolute Gasteiger partial charge is 0.129 e. The van der Waals surface area contributed by atoms with Crippen molar-refractivity contribution in [1.82, 2.24) is 10.3 Å². The molecular weight excluding hydrogens is 222 g/mol. The van der Waals surface area contributed by atoms with Gasteiger partial charge in [0, 0.05) is 31.4 Å². The molecular formula is C15H25N3. The van der Waals surface area contributed by atoms with Crippen molar-refractivity contribution in [2.75, 3.05) is 18.0 Å². The van der Waals surface area contributed by atoms with Gasteiger partial charge in [0.05, 0.1) is 0 Å². The molecule has 100 valence electrons. The van der Waals surface area contributed by atoms with Crippen LogP contribution in [0.25, 0.3) is 0 Å². The molecule has 0 unspecified atom stereocenters. The Morgan fingerprint density at radius 1 is 1.44 bits per heavy atom. The van der Waals surface area contributed by atoms with Gasteiger partial charge in [-0.3, -0.25) is 0 Å². The topological polar surface area (TPSA) is 28.2 Å². The van der Waals surface area contributed by atoms with Crippen LogP contribution in [0.3, 0.4) is 0 Å². The normalized spacial score (nSPS) is 10.7. The van der Waals surface area contributed by atoms with Gasteiger partial charge in [-0.1, -0.05) is 26.0 Å². The molecule has 0 aliphatic carbocycles. The highest BCUT2D eigenvalue weighted by atomic mass is 15.2. The molecule has 0 aliphatic heterocycles. The van der Waals surface area contributed by atoms with E-state index < -0.39 is 0 Å². The highest BCUT2D eigenvalue weighted by Crippen LogP contribution is 2.14. The Hall–Kier alpha value is -1.35. The zero-order valence-corrected chi connectivity index (χ0v) is 12.0. The maximum Gasteiger partial charge on any atom is 0.129 e. The number of likely N-dealkylation sites (N-methyl/N-ethyl adjacent to an activating group) is 1. The summed E-state index contributed by atoms with van der Waals surface area (Å²) < 4.78 is 0. The van der Waals surface area contributed by atoms with Gasteiger partial charge in [0.2, 0.25) is 0 Å². The summed E-state index contributed by atoms with van der Waals surface area (Å²) in [5.74, 6) is 1.03. The molecule has 1 aromatic rings. The molecule has 0 aromatic carbocycles. The molecule has 3 heteroatoms. The predicted octanol–water partition coefficient (Wildman–Crippen LogP) is 2.90. The molecule has 0 atom stereocenters. The van der Waals surface area contributed by atoms with E-state index in [4.69, 9.17) is 0 Å². The van der Waals surface area contributed by atoms with E-state index in [2.05, 4.69) is 61.6 Å². The number of anilines is 1. The van der Waals surface area contributed by atoms with Crippen molar-refractivity contribution in [2.24, 2.45) is 0 Å². The standard InChI is InChI=1S/C15H25N3/c1-6-10-18(7-2)15-9-8-14(13(5)17-15)11-16-12(3)4/h6,8-9,12,16H,1,7,10-11H2,2-5H3. The van der Waals surface area contributed by atoms with Crippen LogP contribution in [0.4, 0.5) is 5.82 Å². The number of rotatable bonds is 7. The molecule has 0 radical (unpaired) electrons. The molecule has 0 spiro atoms. The molecule has 18 heavy (non-hydrogen) atoms. The van der Waals surface area contributed by atoms with Crippen LogP contribution < -0.4 is 10.2 Å². The Kier molecular flexibility index (Phi) is 5.86. The summed E-state index contributed by atoms with van der Waals surface area (Å²) in [7, 11) is 0. The third kappa shape index (κ3) is 4.15. The molecule has 0 amide bonds. The van der Waals surface area contributed by atoms with Crippen molar-refractivity contribution in [3.05, 3.63) is 36.0 Å². The van der Waals surface area contributed by atoms with Gasteiger partial charge in [0.1, 0.15) is 5.82 Å². The molecule has 0 aliphatic rings. The van der Waals surface area contributed by atoms with Gasteiger partial charge in [0.25, 0.3) is 0 Å². The van der Waals surface area contributed by atoms with Crippen molar-refractivity contribution in [3.63, 3.8) is 0 Å². The number of aromatic nitrogens is 1. The molecule has 1 heterocycles. The van der Waals surface area contributed by atoms with Gasteiger partial charge in [0.15, 0.2) is 0 Å². The van der Waals surface area contributed by atoms with Crippen LogP contribution in [0, 0.1) is 6.92 Å². The molecule has 1 N–H and O–H groups in total. The van der Waals surface area contributed by atoms with E-state index in [-0.39, 0.29) is 0 Å². The second kappa shape index (κ2) is 7.17. The average molecular weight is 247 g/mol. The fourth-order valence-electron chi connectivity index (χ4n) is 1.79. The second-order valence-electron chi connectivity index (χ2n) is 4.78. The first-order chi connectivity index (χ1) is 8.58. The van der Waals surface area contributed by atoms with E-state index >= 15 is 0 Å². The fourth-order valence-corrected chi connectivity index (χ4v) is 1.79. The first-order valence-electron chi connectivity index (χ1n) is 6.64. The Morgan fingerprint density at radius 2 is 2.17 bits per heavy atom. The number of nitrogens with zero attached hydrogens (tertiary/aromatic N) is 2. The first kappa shape index (κ1) is 14.7. The lowest BCUT2D eigenvalue weighted by Crippen LogP contribution is -2.25. The van der Waals surface area contributed by atoms with Crippen LogP contribution in [0.5, 0.6) is 0 Å². The monoisotopic (exact) mass is 247 g/mol. The number of nitrogens with one attached hydrogen (secondary N) is 1. The highest BCUT2D eigenvalue weighted by molar-refractivity contribution is 5.42. The van der Waals surface area contributed by atoms with Crippen molar-refractivity contribution in [3.8, 4) is 0 Å². The Labute approximate surface area is 111 Å². The Balaban J connectivity index is 2.80. The second-order valence-corrected chi connectivity index (χ2v) is 4.78. The van der Waals surface area contributed by atoms with Crippen molar-refractivity contribution in [1.29, 1.82) is 0 Å². The molecule has 0 bridgehead atoms. The Morgan fingerprint density at radius 3 is 2.67 bits per heavy atom. The minimum atomic E-state index is 0.497. The van der Waals surface area contributed by atoms with Gasteiger partial charge >= 0.3 is 0 Å². The maximum atomic E-state index is 4.68. The third-order valence-electron chi connectivity index (χ3n) is 2.94. The van der Waals surface area contributed by atoms with Crippen molar-refractivity contribution in [2.45, 2.75) is 40.3 Å². The summed E-state index contributed by atoms with van der Waals surface area (Å²) in [6.45, 7) is 15.0. The molecule has 1 aromatic heterocycles. The summed E-state index contributed by atoms with van der Waals surface area (Å²) in [4.78, 5) is 6.89. The average Bonchev–Trinajstić information content (AvgIpc) is 2.34. The molecule has 0 fully saturated rings. The van der Waals surface area contributed by atoms with E-state index in [1.54, 1.807) is 0 Å². The summed E-state index contributed by atoms with van der Waals surface area (Å²) in [6.07, 6.45) is 1.91. The molecule has 0 saturated carbocycles. The zero-order chi connectivity index (χ0) is 13.5. The summed E-state index contributed by atoms with van der Waals surface area (Å²) in [6, 6.07) is 4.76. The van der Waals surface area contributed by atoms with Crippen LogP contribution in [0.1, 0.15) is 32.0 Å². The lowest BCUT2D eigenvalue weighted by molar-refractivity contribution is 0.586. The van der Waals surface area contributed by atoms with Crippen LogP contribution in [-0.2, 0) is 6.54 Å². The van der Waals surface area contributed by atoms with Crippen LogP contribution >= 0.6 is 0 Å². The van der Waals surface area contributed by atoms with Crippen LogP contribution in [0.15, 0.2) is 24.8 Å². The van der Waals surface area contributed by atoms with Gasteiger partial charge in [-0.05, 0) is 25.5 Å². The molecule has 0 saturated heterocycles. The SMILES string of the molecule is C=CCN(CC)c1ccc(CNC(C)C)c(C)n1. The largest absolute Gasteiger partial charge is 0.353 e. The lowest BCUT2D eigenvalue weighted by atomic mass is 10.2. The summed E-state index contributed by atoms with van der Waals surface area (Å²) in [5.41, 5.74) is 2.37. The fraction of sp³-hybridized carbons (Fsp3) is 0.533. The van der Waals surface area contributed by atoms with Crippen LogP contribution in [-0.4, -0.2) is 24.1 Å². The van der Waals surface area contributed by atoms with Crippen molar-refractivity contribution >= 4 is 5.82 Å².